The fourth-order valence-corrected chi connectivity index (χ4v) is 1.81. The molecular formula is C9H17O5. The van der Waals surface area contributed by atoms with Crippen molar-refractivity contribution >= 4 is 0 Å². The third-order valence-electron chi connectivity index (χ3n) is 2.54. The number of rotatable bonds is 3. The third kappa shape index (κ3) is 2.07. The van der Waals surface area contributed by atoms with Crippen molar-refractivity contribution in [1.29, 1.82) is 0 Å². The first-order valence-corrected chi connectivity index (χ1v) is 4.55. The molecule has 0 bridgehead atoms. The van der Waals surface area contributed by atoms with Crippen LogP contribution in [0.25, 0.3) is 0 Å². The van der Waals surface area contributed by atoms with Crippen LogP contribution >= 0.6 is 0 Å². The van der Waals surface area contributed by atoms with Gasteiger partial charge >= 0.3 is 0 Å². The van der Waals surface area contributed by atoms with Crippen molar-refractivity contribution in [2.75, 3.05) is 21.3 Å². The minimum Gasteiger partial charge on any atom is -0.376 e. The van der Waals surface area contributed by atoms with Gasteiger partial charge in [0.15, 0.2) is 0 Å². The van der Waals surface area contributed by atoms with Crippen molar-refractivity contribution in [3.05, 3.63) is 0 Å². The van der Waals surface area contributed by atoms with Crippen molar-refractivity contribution in [2.24, 2.45) is 0 Å². The van der Waals surface area contributed by atoms with Gasteiger partial charge in [-0.15, -0.1) is 0 Å². The molecule has 14 heavy (non-hydrogen) atoms. The van der Waals surface area contributed by atoms with Crippen molar-refractivity contribution in [3.63, 3.8) is 0 Å². The lowest BCUT2D eigenvalue weighted by atomic mass is 9.99. The molecule has 1 radical (unpaired) electrons. The Balaban J connectivity index is 2.76. The van der Waals surface area contributed by atoms with Crippen LogP contribution in [-0.4, -0.2) is 52.0 Å². The fraction of sp³-hybridized carbons (Fsp3) is 1.00. The zero-order chi connectivity index (χ0) is 10.7. The van der Waals surface area contributed by atoms with Gasteiger partial charge in [0.05, 0.1) is 6.10 Å². The van der Waals surface area contributed by atoms with E-state index in [4.69, 9.17) is 18.9 Å². The van der Waals surface area contributed by atoms with Crippen molar-refractivity contribution < 1.29 is 24.1 Å². The normalized spacial score (nSPS) is 43.9. The first kappa shape index (κ1) is 11.9. The summed E-state index contributed by atoms with van der Waals surface area (Å²) in [7, 11) is 4.56. The quantitative estimate of drug-likeness (QED) is 0.660. The van der Waals surface area contributed by atoms with Crippen LogP contribution in [0, 0.1) is 0 Å². The summed E-state index contributed by atoms with van der Waals surface area (Å²) in [6.07, 6.45) is -2.77. The smallest absolute Gasteiger partial charge is 0.220 e. The highest BCUT2D eigenvalue weighted by Gasteiger charge is 2.45. The molecule has 0 spiro atoms. The maximum absolute atomic E-state index is 11.5. The molecule has 0 amide bonds. The molecule has 1 saturated heterocycles. The molecule has 5 heteroatoms. The summed E-state index contributed by atoms with van der Waals surface area (Å²) < 4.78 is 20.6. The number of methoxy groups -OCH3 is 3. The van der Waals surface area contributed by atoms with E-state index in [-0.39, 0.29) is 18.3 Å². The van der Waals surface area contributed by atoms with Crippen LogP contribution in [0.5, 0.6) is 0 Å². The van der Waals surface area contributed by atoms with E-state index >= 15 is 0 Å². The van der Waals surface area contributed by atoms with E-state index < -0.39 is 12.4 Å². The molecule has 0 unspecified atom stereocenters. The Morgan fingerprint density at radius 1 is 0.929 bits per heavy atom. The summed E-state index contributed by atoms with van der Waals surface area (Å²) in [6, 6.07) is 0. The third-order valence-corrected chi connectivity index (χ3v) is 2.54. The van der Waals surface area contributed by atoms with Gasteiger partial charge < -0.3 is 18.9 Å². The summed E-state index contributed by atoms with van der Waals surface area (Å²) in [4.78, 5) is 0. The minimum atomic E-state index is -1.22. The van der Waals surface area contributed by atoms with Crippen molar-refractivity contribution in [3.8, 4) is 0 Å². The second kappa shape index (κ2) is 5.04. The number of hydrogen-bond acceptors (Lipinski definition) is 4. The maximum atomic E-state index is 11.5. The van der Waals surface area contributed by atoms with Gasteiger partial charge in [-0.2, -0.15) is 5.11 Å². The highest BCUT2D eigenvalue weighted by Crippen LogP contribution is 2.25. The standard InChI is InChI=1S/C9H17O5/c1-5-6(11-2)7(12-3)8(13-4)9(10)14-5/h5-9H,1-4H3/t5-,6-,7+,8+,9+/m0/s1. The molecule has 0 aromatic heterocycles. The zero-order valence-electron chi connectivity index (χ0n) is 8.93. The molecule has 1 aliphatic rings. The Labute approximate surface area is 83.9 Å². The van der Waals surface area contributed by atoms with Gasteiger partial charge in [0.2, 0.25) is 6.29 Å². The van der Waals surface area contributed by atoms with E-state index in [1.807, 2.05) is 0 Å². The van der Waals surface area contributed by atoms with E-state index in [2.05, 4.69) is 0 Å². The second-order valence-corrected chi connectivity index (χ2v) is 3.31. The Morgan fingerprint density at radius 3 is 1.86 bits per heavy atom. The van der Waals surface area contributed by atoms with Gasteiger partial charge in [-0.3, -0.25) is 0 Å². The predicted octanol–water partition coefficient (Wildman–Crippen LogP) is 0.207. The molecule has 5 atom stereocenters. The van der Waals surface area contributed by atoms with Crippen molar-refractivity contribution in [2.45, 2.75) is 37.6 Å². The maximum Gasteiger partial charge on any atom is 0.220 e. The topological polar surface area (TPSA) is 56.8 Å². The molecule has 1 heterocycles. The summed E-state index contributed by atoms with van der Waals surface area (Å²) in [6.45, 7) is 1.79. The van der Waals surface area contributed by atoms with Gasteiger partial charge in [0, 0.05) is 21.3 Å². The lowest BCUT2D eigenvalue weighted by molar-refractivity contribution is -0.307. The van der Waals surface area contributed by atoms with Crippen LogP contribution in [0.2, 0.25) is 0 Å². The zero-order valence-corrected chi connectivity index (χ0v) is 8.93. The average molecular weight is 205 g/mol. The molecular weight excluding hydrogens is 188 g/mol. The van der Waals surface area contributed by atoms with Crippen LogP contribution < -0.4 is 0 Å². The lowest BCUT2D eigenvalue weighted by Crippen LogP contribution is -2.58. The van der Waals surface area contributed by atoms with Gasteiger partial charge in [0.1, 0.15) is 18.3 Å². The molecule has 83 valence electrons. The van der Waals surface area contributed by atoms with Crippen LogP contribution in [0.4, 0.5) is 0 Å². The van der Waals surface area contributed by atoms with Crippen LogP contribution in [0.3, 0.4) is 0 Å². The Hall–Kier alpha value is -0.200. The lowest BCUT2D eigenvalue weighted by Gasteiger charge is -2.41. The highest BCUT2D eigenvalue weighted by atomic mass is 16.7. The summed E-state index contributed by atoms with van der Waals surface area (Å²) in [5, 5.41) is 11.5. The molecule has 0 N–H and O–H groups in total. The first-order valence-electron chi connectivity index (χ1n) is 4.55. The van der Waals surface area contributed by atoms with Gasteiger partial charge in [0.25, 0.3) is 0 Å². The highest BCUT2D eigenvalue weighted by molar-refractivity contribution is 4.89. The van der Waals surface area contributed by atoms with Gasteiger partial charge in [-0.25, -0.2) is 0 Å². The molecule has 1 fully saturated rings. The van der Waals surface area contributed by atoms with E-state index in [9.17, 15) is 5.11 Å². The molecule has 1 aliphatic heterocycles. The predicted molar refractivity (Wildman–Crippen MR) is 47.4 cm³/mol. The fourth-order valence-electron chi connectivity index (χ4n) is 1.81. The Morgan fingerprint density at radius 2 is 1.43 bits per heavy atom. The summed E-state index contributed by atoms with van der Waals surface area (Å²) >= 11 is 0. The molecule has 0 saturated carbocycles. The Kier molecular flexibility index (Phi) is 4.28. The van der Waals surface area contributed by atoms with E-state index in [1.165, 1.54) is 14.2 Å². The van der Waals surface area contributed by atoms with Gasteiger partial charge in [-0.1, -0.05) is 0 Å². The molecule has 0 aromatic rings. The Bertz CT molecular complexity index is 159. The monoisotopic (exact) mass is 205 g/mol. The number of ether oxygens (including phenoxy) is 4. The SMILES string of the molecule is CO[C@@H]1[C@@H](OC)[C@H](C)O[C@@H]([O])[C@@H]1OC. The number of hydrogen-bond donors (Lipinski definition) is 0. The molecule has 0 aromatic carbocycles. The largest absolute Gasteiger partial charge is 0.376 e. The van der Waals surface area contributed by atoms with E-state index in [1.54, 1.807) is 14.0 Å². The first-order chi connectivity index (χ1) is 6.65. The molecule has 0 aliphatic carbocycles. The minimum absolute atomic E-state index is 0.268. The average Bonchev–Trinajstić information content (AvgIpc) is 2.16. The second-order valence-electron chi connectivity index (χ2n) is 3.31. The van der Waals surface area contributed by atoms with Crippen LogP contribution in [-0.2, 0) is 24.1 Å². The van der Waals surface area contributed by atoms with Crippen molar-refractivity contribution in [1.82, 2.24) is 0 Å². The van der Waals surface area contributed by atoms with Crippen LogP contribution in [0.1, 0.15) is 6.92 Å². The molecule has 5 nitrogen and oxygen atoms in total. The van der Waals surface area contributed by atoms with E-state index in [0.29, 0.717) is 0 Å². The summed E-state index contributed by atoms with van der Waals surface area (Å²) in [5.74, 6) is 0. The van der Waals surface area contributed by atoms with E-state index in [0.717, 1.165) is 0 Å². The van der Waals surface area contributed by atoms with Gasteiger partial charge in [-0.05, 0) is 6.92 Å². The van der Waals surface area contributed by atoms with Crippen LogP contribution in [0.15, 0.2) is 0 Å². The summed E-state index contributed by atoms with van der Waals surface area (Å²) in [5.41, 5.74) is 0. The molecule has 1 rings (SSSR count).